The van der Waals surface area contributed by atoms with Crippen LogP contribution in [0.4, 0.5) is 0 Å². The Balaban J connectivity index is 0.000000260. The van der Waals surface area contributed by atoms with E-state index in [2.05, 4.69) is 26.8 Å². The summed E-state index contributed by atoms with van der Waals surface area (Å²) in [5.74, 6) is -3.46. The van der Waals surface area contributed by atoms with Crippen LogP contribution in [0.5, 0.6) is 0 Å². The highest BCUT2D eigenvalue weighted by Gasteiger charge is 2.40. The molecule has 2 aromatic heterocycles. The Morgan fingerprint density at radius 3 is 2.36 bits per heavy atom. The highest BCUT2D eigenvalue weighted by Crippen LogP contribution is 2.18. The molecule has 1 unspecified atom stereocenters. The van der Waals surface area contributed by atoms with Gasteiger partial charge in [0, 0.05) is 37.2 Å². The lowest BCUT2D eigenvalue weighted by Crippen LogP contribution is -2.42. The summed E-state index contributed by atoms with van der Waals surface area (Å²) in [5.41, 5.74) is -0.674. The minimum Gasteiger partial charge on any atom is -0.481 e. The molecule has 0 radical (unpaired) electrons. The number of aromatic nitrogens is 3. The predicted molar refractivity (Wildman–Crippen MR) is 116 cm³/mol. The standard InChI is InChI=1S/C16H20N4.C6H8O7/c1-13-4-3-9-20(11-13)12-15-6-8-18-16(19-15)14-5-2-7-17-10-14;7-3(8)1-6(13,5(11)12)2-4(9)10/h2,5-8,10,13H,3-4,9,11-12H2,1H3;13H,1-2H2,(H,7,8)(H,9,10)(H,11,12). The molecule has 11 nitrogen and oxygen atoms in total. The third-order valence-electron chi connectivity index (χ3n) is 5.05. The first-order chi connectivity index (χ1) is 15.6. The van der Waals surface area contributed by atoms with Gasteiger partial charge >= 0.3 is 17.9 Å². The first-order valence-corrected chi connectivity index (χ1v) is 10.4. The number of carbonyl (C=O) groups is 3. The third kappa shape index (κ3) is 8.54. The number of hydrogen-bond acceptors (Lipinski definition) is 8. The topological polar surface area (TPSA) is 174 Å². The molecule has 33 heavy (non-hydrogen) atoms. The molecule has 4 N–H and O–H groups in total. The van der Waals surface area contributed by atoms with Crippen molar-refractivity contribution in [3.63, 3.8) is 0 Å². The second kappa shape index (κ2) is 12.0. The summed E-state index contributed by atoms with van der Waals surface area (Å²) in [5, 5.41) is 33.8. The number of pyridine rings is 1. The van der Waals surface area contributed by atoms with Crippen molar-refractivity contribution >= 4 is 17.9 Å². The fourth-order valence-corrected chi connectivity index (χ4v) is 3.49. The van der Waals surface area contributed by atoms with Crippen molar-refractivity contribution in [2.45, 2.75) is 44.8 Å². The van der Waals surface area contributed by atoms with Crippen molar-refractivity contribution < 1.29 is 34.8 Å². The van der Waals surface area contributed by atoms with Crippen molar-refractivity contribution in [3.05, 3.63) is 42.5 Å². The molecule has 0 bridgehead atoms. The van der Waals surface area contributed by atoms with Gasteiger partial charge in [-0.2, -0.15) is 0 Å². The van der Waals surface area contributed by atoms with E-state index >= 15 is 0 Å². The van der Waals surface area contributed by atoms with Crippen LogP contribution in [-0.4, -0.2) is 76.9 Å². The van der Waals surface area contributed by atoms with Gasteiger partial charge in [-0.15, -0.1) is 0 Å². The van der Waals surface area contributed by atoms with E-state index in [0.717, 1.165) is 29.5 Å². The van der Waals surface area contributed by atoms with Gasteiger partial charge in [-0.05, 0) is 43.5 Å². The normalized spacial score (nSPS) is 16.4. The molecule has 3 heterocycles. The molecule has 2 aromatic rings. The van der Waals surface area contributed by atoms with Crippen molar-refractivity contribution in [1.29, 1.82) is 0 Å². The average molecular weight is 460 g/mol. The molecule has 1 aliphatic heterocycles. The number of aliphatic hydroxyl groups is 1. The molecule has 11 heteroatoms. The molecule has 1 atom stereocenters. The number of likely N-dealkylation sites (tertiary alicyclic amines) is 1. The zero-order chi connectivity index (χ0) is 24.4. The van der Waals surface area contributed by atoms with Gasteiger partial charge in [0.05, 0.1) is 18.5 Å². The van der Waals surface area contributed by atoms with Crippen molar-refractivity contribution in [2.75, 3.05) is 13.1 Å². The van der Waals surface area contributed by atoms with E-state index in [-0.39, 0.29) is 0 Å². The zero-order valence-corrected chi connectivity index (χ0v) is 18.3. The first-order valence-electron chi connectivity index (χ1n) is 10.4. The van der Waals surface area contributed by atoms with E-state index < -0.39 is 36.4 Å². The minimum absolute atomic E-state index is 0.764. The summed E-state index contributed by atoms with van der Waals surface area (Å²) < 4.78 is 0. The predicted octanol–water partition coefficient (Wildman–Crippen LogP) is 1.52. The molecule has 0 spiro atoms. The number of piperidine rings is 1. The Labute approximate surface area is 190 Å². The summed E-state index contributed by atoms with van der Waals surface area (Å²) >= 11 is 0. The largest absolute Gasteiger partial charge is 0.481 e. The maximum atomic E-state index is 10.3. The molecule has 0 amide bonds. The van der Waals surface area contributed by atoms with Crippen LogP contribution in [-0.2, 0) is 20.9 Å². The monoisotopic (exact) mass is 460 g/mol. The van der Waals surface area contributed by atoms with Gasteiger partial charge in [0.25, 0.3) is 0 Å². The van der Waals surface area contributed by atoms with Gasteiger partial charge in [0.2, 0.25) is 0 Å². The maximum absolute atomic E-state index is 10.3. The van der Waals surface area contributed by atoms with Crippen LogP contribution in [0, 0.1) is 5.92 Å². The lowest BCUT2D eigenvalue weighted by molar-refractivity contribution is -0.170. The van der Waals surface area contributed by atoms with Crippen LogP contribution in [0.2, 0.25) is 0 Å². The van der Waals surface area contributed by atoms with E-state index in [4.69, 9.17) is 20.4 Å². The van der Waals surface area contributed by atoms with E-state index in [1.807, 2.05) is 30.6 Å². The summed E-state index contributed by atoms with van der Waals surface area (Å²) in [6.07, 6.45) is 5.77. The molecule has 0 saturated carbocycles. The van der Waals surface area contributed by atoms with Crippen LogP contribution in [0.15, 0.2) is 36.8 Å². The maximum Gasteiger partial charge on any atom is 0.336 e. The average Bonchev–Trinajstić information content (AvgIpc) is 2.74. The number of aliphatic carboxylic acids is 3. The van der Waals surface area contributed by atoms with Crippen molar-refractivity contribution in [1.82, 2.24) is 19.9 Å². The Morgan fingerprint density at radius 1 is 1.12 bits per heavy atom. The quantitative estimate of drug-likeness (QED) is 0.449. The van der Waals surface area contributed by atoms with E-state index in [1.165, 1.54) is 25.9 Å². The summed E-state index contributed by atoms with van der Waals surface area (Å²) in [4.78, 5) is 46.1. The van der Waals surface area contributed by atoms with Crippen LogP contribution in [0.25, 0.3) is 11.4 Å². The van der Waals surface area contributed by atoms with Crippen LogP contribution >= 0.6 is 0 Å². The Hall–Kier alpha value is -3.44. The third-order valence-corrected chi connectivity index (χ3v) is 5.05. The fourth-order valence-electron chi connectivity index (χ4n) is 3.49. The van der Waals surface area contributed by atoms with Gasteiger partial charge in [0.15, 0.2) is 11.4 Å². The summed E-state index contributed by atoms with van der Waals surface area (Å²) in [6.45, 7) is 5.59. The molecule has 178 valence electrons. The van der Waals surface area contributed by atoms with Gasteiger partial charge in [-0.3, -0.25) is 19.5 Å². The Morgan fingerprint density at radius 2 is 1.82 bits per heavy atom. The smallest absolute Gasteiger partial charge is 0.336 e. The van der Waals surface area contributed by atoms with E-state index in [1.54, 1.807) is 6.20 Å². The highest BCUT2D eigenvalue weighted by atomic mass is 16.4. The number of carboxylic acids is 3. The second-order valence-corrected chi connectivity index (χ2v) is 8.07. The lowest BCUT2D eigenvalue weighted by atomic mass is 9.96. The summed E-state index contributed by atoms with van der Waals surface area (Å²) in [6, 6.07) is 5.92. The molecule has 1 aliphatic rings. The fraction of sp³-hybridized carbons (Fsp3) is 0.455. The number of hydrogen-bond donors (Lipinski definition) is 4. The van der Waals surface area contributed by atoms with Crippen LogP contribution in [0.3, 0.4) is 0 Å². The van der Waals surface area contributed by atoms with Gasteiger partial charge < -0.3 is 20.4 Å². The van der Waals surface area contributed by atoms with Crippen molar-refractivity contribution in [2.24, 2.45) is 5.92 Å². The SMILES string of the molecule is CC1CCCN(Cc2ccnc(-c3cccnc3)n2)C1.O=C(O)CC(O)(CC(=O)O)C(=O)O. The lowest BCUT2D eigenvalue weighted by Gasteiger charge is -2.30. The molecular weight excluding hydrogens is 432 g/mol. The zero-order valence-electron chi connectivity index (χ0n) is 18.3. The second-order valence-electron chi connectivity index (χ2n) is 8.07. The first kappa shape index (κ1) is 25.8. The van der Waals surface area contributed by atoms with E-state index in [0.29, 0.717) is 0 Å². The molecule has 3 rings (SSSR count). The van der Waals surface area contributed by atoms with Crippen LogP contribution < -0.4 is 0 Å². The van der Waals surface area contributed by atoms with Crippen LogP contribution in [0.1, 0.15) is 38.3 Å². The molecule has 0 aromatic carbocycles. The van der Waals surface area contributed by atoms with Gasteiger partial charge in [0.1, 0.15) is 0 Å². The molecular formula is C22H28N4O7. The molecule has 1 fully saturated rings. The number of carboxylic acid groups (broad SMARTS) is 3. The highest BCUT2D eigenvalue weighted by molar-refractivity contribution is 5.88. The Bertz CT molecular complexity index is 939. The minimum atomic E-state index is -2.74. The Kier molecular flexibility index (Phi) is 9.37. The van der Waals surface area contributed by atoms with Gasteiger partial charge in [-0.1, -0.05) is 6.92 Å². The van der Waals surface area contributed by atoms with Gasteiger partial charge in [-0.25, -0.2) is 14.8 Å². The molecule has 1 saturated heterocycles. The summed E-state index contributed by atoms with van der Waals surface area (Å²) in [7, 11) is 0. The van der Waals surface area contributed by atoms with E-state index in [9.17, 15) is 14.4 Å². The van der Waals surface area contributed by atoms with Crippen molar-refractivity contribution in [3.8, 4) is 11.4 Å². The number of nitrogens with zero attached hydrogens (tertiary/aromatic N) is 4. The number of rotatable bonds is 8. The molecule has 0 aliphatic carbocycles.